The number of hydrogen-bond acceptors (Lipinski definition) is 7. The number of nitrogens with zero attached hydrogens (tertiary/aromatic N) is 3. The number of aromatic nitrogens is 3. The third-order valence-electron chi connectivity index (χ3n) is 2.20. The van der Waals surface area contributed by atoms with Gasteiger partial charge in [0.05, 0.1) is 11.3 Å². The van der Waals surface area contributed by atoms with Crippen molar-refractivity contribution in [3.8, 4) is 0 Å². The fraction of sp³-hybridized carbons (Fsp3) is 0.182. The summed E-state index contributed by atoms with van der Waals surface area (Å²) in [7, 11) is 0. The van der Waals surface area contributed by atoms with E-state index in [1.807, 2.05) is 0 Å². The monoisotopic (exact) mass is 310 g/mol. The summed E-state index contributed by atoms with van der Waals surface area (Å²) in [6.07, 6.45) is 1.61. The highest BCUT2D eigenvalue weighted by molar-refractivity contribution is 8.01. The zero-order valence-corrected chi connectivity index (χ0v) is 12.0. The molecule has 7 nitrogen and oxygen atoms in total. The maximum Gasteiger partial charge on any atom is 0.313 e. The smallest absolute Gasteiger partial charge is 0.313 e. The third kappa shape index (κ3) is 3.75. The molecule has 20 heavy (non-hydrogen) atoms. The number of thioether (sulfide) groups is 1. The van der Waals surface area contributed by atoms with Gasteiger partial charge in [0.15, 0.2) is 4.34 Å². The zero-order valence-electron chi connectivity index (χ0n) is 10.4. The Morgan fingerprint density at radius 2 is 2.25 bits per heavy atom. The van der Waals surface area contributed by atoms with E-state index in [1.165, 1.54) is 0 Å². The van der Waals surface area contributed by atoms with Crippen LogP contribution in [0.1, 0.15) is 16.1 Å². The molecule has 0 aromatic carbocycles. The lowest BCUT2D eigenvalue weighted by Gasteiger charge is -2.02. The van der Waals surface area contributed by atoms with E-state index in [0.717, 1.165) is 23.1 Å². The summed E-state index contributed by atoms with van der Waals surface area (Å²) in [6.45, 7) is 1.74. The molecule has 2 N–H and O–H groups in total. The molecule has 0 unspecified atom stereocenters. The van der Waals surface area contributed by atoms with Crippen molar-refractivity contribution in [2.75, 3.05) is 11.1 Å². The quantitative estimate of drug-likeness (QED) is 0.639. The van der Waals surface area contributed by atoms with Gasteiger partial charge in [0.1, 0.15) is 0 Å². The highest BCUT2D eigenvalue weighted by atomic mass is 32.2. The second kappa shape index (κ2) is 6.44. The van der Waals surface area contributed by atoms with Crippen molar-refractivity contribution in [2.45, 2.75) is 11.3 Å². The number of aryl methyl sites for hydroxylation is 1. The second-order valence-corrected chi connectivity index (χ2v) is 5.85. The SMILES string of the molecule is Cc1ncccc1C(=O)Nc1nnc(SCC(=O)O)s1. The second-order valence-electron chi connectivity index (χ2n) is 3.65. The molecule has 0 bridgehead atoms. The van der Waals surface area contributed by atoms with Crippen molar-refractivity contribution >= 4 is 40.1 Å². The maximum absolute atomic E-state index is 12.0. The normalized spacial score (nSPS) is 10.2. The molecule has 2 heterocycles. The van der Waals surface area contributed by atoms with E-state index < -0.39 is 5.97 Å². The van der Waals surface area contributed by atoms with Crippen molar-refractivity contribution in [2.24, 2.45) is 0 Å². The predicted molar refractivity (Wildman–Crippen MR) is 75.2 cm³/mol. The number of amides is 1. The molecule has 0 atom stereocenters. The van der Waals surface area contributed by atoms with Crippen molar-refractivity contribution in [3.63, 3.8) is 0 Å². The molecule has 0 aliphatic carbocycles. The Kier molecular flexibility index (Phi) is 4.64. The number of carbonyl (C=O) groups is 2. The first-order chi connectivity index (χ1) is 9.56. The van der Waals surface area contributed by atoms with Gasteiger partial charge in [-0.05, 0) is 19.1 Å². The van der Waals surface area contributed by atoms with Gasteiger partial charge in [-0.15, -0.1) is 10.2 Å². The molecule has 104 valence electrons. The first-order valence-corrected chi connectivity index (χ1v) is 7.27. The first-order valence-electron chi connectivity index (χ1n) is 5.47. The van der Waals surface area contributed by atoms with Gasteiger partial charge in [0.25, 0.3) is 5.91 Å². The summed E-state index contributed by atoms with van der Waals surface area (Å²) in [4.78, 5) is 26.5. The van der Waals surface area contributed by atoms with Crippen molar-refractivity contribution in [3.05, 3.63) is 29.6 Å². The Balaban J connectivity index is 2.02. The van der Waals surface area contributed by atoms with Gasteiger partial charge < -0.3 is 5.11 Å². The van der Waals surface area contributed by atoms with Crippen LogP contribution >= 0.6 is 23.1 Å². The lowest BCUT2D eigenvalue weighted by atomic mass is 10.2. The van der Waals surface area contributed by atoms with E-state index in [-0.39, 0.29) is 11.7 Å². The summed E-state index contributed by atoms with van der Waals surface area (Å²) in [5.74, 6) is -1.34. The number of rotatable bonds is 5. The van der Waals surface area contributed by atoms with Gasteiger partial charge in [0.2, 0.25) is 5.13 Å². The van der Waals surface area contributed by atoms with Crippen LogP contribution in [0.5, 0.6) is 0 Å². The van der Waals surface area contributed by atoms with E-state index >= 15 is 0 Å². The van der Waals surface area contributed by atoms with E-state index in [0.29, 0.717) is 20.7 Å². The summed E-state index contributed by atoms with van der Waals surface area (Å²) >= 11 is 2.19. The minimum absolute atomic E-state index is 0.0930. The largest absolute Gasteiger partial charge is 0.481 e. The van der Waals surface area contributed by atoms with Crippen LogP contribution in [0.2, 0.25) is 0 Å². The minimum atomic E-state index is -0.929. The van der Waals surface area contributed by atoms with Crippen LogP contribution in [0.25, 0.3) is 0 Å². The molecule has 0 spiro atoms. The van der Waals surface area contributed by atoms with Crippen LogP contribution in [-0.2, 0) is 4.79 Å². The summed E-state index contributed by atoms with van der Waals surface area (Å²) in [6, 6.07) is 3.34. The van der Waals surface area contributed by atoms with Gasteiger partial charge in [-0.1, -0.05) is 23.1 Å². The van der Waals surface area contributed by atoms with Crippen molar-refractivity contribution in [1.29, 1.82) is 0 Å². The Labute approximate surface area is 122 Å². The van der Waals surface area contributed by atoms with Crippen LogP contribution in [0.3, 0.4) is 0 Å². The van der Waals surface area contributed by atoms with E-state index in [1.54, 1.807) is 25.3 Å². The molecule has 0 aliphatic rings. The molecule has 2 rings (SSSR count). The van der Waals surface area contributed by atoms with Crippen LogP contribution in [-0.4, -0.2) is 37.9 Å². The number of carboxylic acids is 1. The molecule has 2 aromatic heterocycles. The Morgan fingerprint density at radius 3 is 2.95 bits per heavy atom. The Hall–Kier alpha value is -2.00. The van der Waals surface area contributed by atoms with Gasteiger partial charge in [-0.25, -0.2) is 0 Å². The highest BCUT2D eigenvalue weighted by Crippen LogP contribution is 2.25. The molecule has 9 heteroatoms. The number of hydrogen-bond donors (Lipinski definition) is 2. The summed E-state index contributed by atoms with van der Waals surface area (Å²) in [5, 5.41) is 19.1. The summed E-state index contributed by atoms with van der Waals surface area (Å²) in [5.41, 5.74) is 1.08. The van der Waals surface area contributed by atoms with Gasteiger partial charge in [-0.3, -0.25) is 19.9 Å². The van der Waals surface area contributed by atoms with Gasteiger partial charge in [-0.2, -0.15) is 0 Å². The molecule has 0 aliphatic heterocycles. The zero-order chi connectivity index (χ0) is 14.5. The van der Waals surface area contributed by atoms with Crippen molar-refractivity contribution < 1.29 is 14.7 Å². The Bertz CT molecular complexity index is 644. The molecule has 2 aromatic rings. The molecule has 0 saturated carbocycles. The number of pyridine rings is 1. The first kappa shape index (κ1) is 14.4. The number of nitrogens with one attached hydrogen (secondary N) is 1. The lowest BCUT2D eigenvalue weighted by Crippen LogP contribution is -2.13. The summed E-state index contributed by atoms with van der Waals surface area (Å²) < 4.78 is 0.491. The fourth-order valence-corrected chi connectivity index (χ4v) is 2.80. The third-order valence-corrected chi connectivity index (χ3v) is 4.15. The minimum Gasteiger partial charge on any atom is -0.481 e. The highest BCUT2D eigenvalue weighted by Gasteiger charge is 2.13. The van der Waals surface area contributed by atoms with E-state index in [2.05, 4.69) is 20.5 Å². The molecule has 0 radical (unpaired) electrons. The molecular formula is C11H10N4O3S2. The van der Waals surface area contributed by atoms with E-state index in [4.69, 9.17) is 5.11 Å². The lowest BCUT2D eigenvalue weighted by molar-refractivity contribution is -0.133. The number of anilines is 1. The molecule has 0 saturated heterocycles. The van der Waals surface area contributed by atoms with Crippen LogP contribution in [0.4, 0.5) is 5.13 Å². The number of carbonyl (C=O) groups excluding carboxylic acids is 1. The maximum atomic E-state index is 12.0. The molecule has 1 amide bonds. The molecular weight excluding hydrogens is 300 g/mol. The van der Waals surface area contributed by atoms with Crippen molar-refractivity contribution in [1.82, 2.24) is 15.2 Å². The van der Waals surface area contributed by atoms with Gasteiger partial charge in [0, 0.05) is 11.9 Å². The van der Waals surface area contributed by atoms with Gasteiger partial charge >= 0.3 is 5.97 Å². The van der Waals surface area contributed by atoms with E-state index in [9.17, 15) is 9.59 Å². The number of aliphatic carboxylic acids is 1. The molecule has 0 fully saturated rings. The Morgan fingerprint density at radius 1 is 1.45 bits per heavy atom. The van der Waals surface area contributed by atoms with Crippen LogP contribution in [0, 0.1) is 6.92 Å². The standard InChI is InChI=1S/C11H10N4O3S2/c1-6-7(3-2-4-12-6)9(18)13-10-14-15-11(20-10)19-5-8(16)17/h2-4H,5H2,1H3,(H,16,17)(H,13,14,18). The number of carboxylic acid groups (broad SMARTS) is 1. The topological polar surface area (TPSA) is 105 Å². The average molecular weight is 310 g/mol. The fourth-order valence-electron chi connectivity index (χ4n) is 1.33. The average Bonchev–Trinajstić information content (AvgIpc) is 2.84. The van der Waals surface area contributed by atoms with Crippen LogP contribution < -0.4 is 5.32 Å². The predicted octanol–water partition coefficient (Wildman–Crippen LogP) is 1.67. The van der Waals surface area contributed by atoms with Crippen LogP contribution in [0.15, 0.2) is 22.7 Å².